The molecule has 0 amide bonds. The first-order valence-electron chi connectivity index (χ1n) is 27.6. The summed E-state index contributed by atoms with van der Waals surface area (Å²) in [6.45, 7) is 26.4. The lowest BCUT2D eigenvalue weighted by atomic mass is 9.94. The fraction of sp³-hybridized carbons (Fsp3) is 0.250. The van der Waals surface area contributed by atoms with Gasteiger partial charge in [-0.3, -0.25) is 0 Å². The molecule has 9 aromatic rings. The van der Waals surface area contributed by atoms with E-state index in [0.29, 0.717) is 52.8 Å². The van der Waals surface area contributed by atoms with Crippen LogP contribution in [0.4, 0.5) is 0 Å². The van der Waals surface area contributed by atoms with Gasteiger partial charge < -0.3 is 13.6 Å². The highest BCUT2D eigenvalue weighted by atomic mass is 31.2. The highest BCUT2D eigenvalue weighted by molar-refractivity contribution is 7.49. The molecule has 5 heteroatoms. The molecule has 392 valence electrons. The summed E-state index contributed by atoms with van der Waals surface area (Å²) in [4.78, 5) is 0. The molecule has 0 N–H and O–H groups in total. The molecule has 0 spiro atoms. The molecule has 0 aliphatic rings. The number of benzene rings is 9. The predicted octanol–water partition coefficient (Wildman–Crippen LogP) is 22.1. The van der Waals surface area contributed by atoms with Gasteiger partial charge in [0.2, 0.25) is 0 Å². The van der Waals surface area contributed by atoms with Crippen LogP contribution in [-0.4, -0.2) is 0 Å². The van der Waals surface area contributed by atoms with Gasteiger partial charge in [-0.2, -0.15) is 4.57 Å². The fourth-order valence-electron chi connectivity index (χ4n) is 9.79. The Bertz CT molecular complexity index is 3100. The van der Waals surface area contributed by atoms with Crippen molar-refractivity contribution in [3.05, 3.63) is 234 Å². The standard InChI is InChI=1S/C72H75O4P/c1-46(2)52-13-25-58(26-14-52)64-37-40-70(67(43-64)61-31-19-55(20-32-61)49(7)8)74-77(73,75-71-41-38-65(59-27-15-53(16-28-59)47(3)4)44-68(71)62-33-21-56(22-34-62)50(9)10)76-72-42-39-66(60-29-17-54(18-30-60)48(5)6)45-69(72)63-35-23-57(24-36-63)51(11)12/h13-51H,1-12H3. The first kappa shape index (κ1) is 54.4. The molecular weight excluding hydrogens is 960 g/mol. The average molecular weight is 1040 g/mol. The maximum atomic E-state index is 16.6. The van der Waals surface area contributed by atoms with Crippen LogP contribution in [0.15, 0.2) is 200 Å². The SMILES string of the molecule is CC(C)c1ccc(-c2ccc(OP(=O)(Oc3ccc(-c4ccc(C(C)C)cc4)cc3-c3ccc(C(C)C)cc3)Oc3ccc(-c4ccc(C(C)C)cc4)cc3-c3ccc(C(C)C)cc3)c(-c3ccc(C(C)C)cc3)c2)cc1. The van der Waals surface area contributed by atoms with Crippen LogP contribution in [0.1, 0.15) is 152 Å². The van der Waals surface area contributed by atoms with E-state index in [1.54, 1.807) is 0 Å². The third-order valence-electron chi connectivity index (χ3n) is 15.0. The Morgan fingerprint density at radius 2 is 0.403 bits per heavy atom. The minimum absolute atomic E-state index is 0.343. The van der Waals surface area contributed by atoms with Gasteiger partial charge in [-0.25, -0.2) is 0 Å². The minimum atomic E-state index is -4.72. The number of phosphoric ester groups is 1. The second-order valence-electron chi connectivity index (χ2n) is 22.5. The topological polar surface area (TPSA) is 44.8 Å². The van der Waals surface area contributed by atoms with Crippen molar-refractivity contribution in [2.75, 3.05) is 0 Å². The van der Waals surface area contributed by atoms with Crippen LogP contribution in [0, 0.1) is 0 Å². The van der Waals surface area contributed by atoms with Gasteiger partial charge in [0.15, 0.2) is 0 Å². The van der Waals surface area contributed by atoms with Crippen LogP contribution in [0.25, 0.3) is 66.8 Å². The van der Waals surface area contributed by atoms with Crippen molar-refractivity contribution in [2.45, 2.75) is 119 Å². The number of hydrogen-bond acceptors (Lipinski definition) is 4. The summed E-state index contributed by atoms with van der Waals surface area (Å²) in [5.41, 5.74) is 18.7. The molecular formula is C72H75O4P. The average Bonchev–Trinajstić information content (AvgIpc) is 3.43. The van der Waals surface area contributed by atoms with Crippen molar-refractivity contribution in [3.8, 4) is 84.0 Å². The molecule has 9 rings (SSSR count). The summed E-state index contributed by atoms with van der Waals surface area (Å²) in [7, 11) is -4.72. The fourth-order valence-corrected chi connectivity index (χ4v) is 11.1. The van der Waals surface area contributed by atoms with Crippen molar-refractivity contribution in [1.29, 1.82) is 0 Å². The molecule has 4 nitrogen and oxygen atoms in total. The molecule has 0 aromatic heterocycles. The van der Waals surface area contributed by atoms with E-state index in [9.17, 15) is 0 Å². The van der Waals surface area contributed by atoms with Crippen molar-refractivity contribution >= 4 is 7.82 Å². The Morgan fingerprint density at radius 3 is 0.584 bits per heavy atom. The van der Waals surface area contributed by atoms with Gasteiger partial charge in [0.1, 0.15) is 17.2 Å². The lowest BCUT2D eigenvalue weighted by molar-refractivity contribution is 0.299. The highest BCUT2D eigenvalue weighted by Crippen LogP contribution is 2.55. The van der Waals surface area contributed by atoms with E-state index in [4.69, 9.17) is 13.6 Å². The van der Waals surface area contributed by atoms with E-state index < -0.39 is 7.82 Å². The zero-order valence-electron chi connectivity index (χ0n) is 47.1. The van der Waals surface area contributed by atoms with E-state index >= 15 is 4.57 Å². The molecule has 0 fully saturated rings. The maximum absolute atomic E-state index is 16.6. The summed E-state index contributed by atoms with van der Waals surface area (Å²) < 4.78 is 37.6. The van der Waals surface area contributed by atoms with Crippen LogP contribution in [0.3, 0.4) is 0 Å². The molecule has 0 saturated heterocycles. The van der Waals surface area contributed by atoms with Crippen LogP contribution in [0.5, 0.6) is 17.2 Å². The van der Waals surface area contributed by atoms with Gasteiger partial charge in [0, 0.05) is 16.7 Å². The minimum Gasteiger partial charge on any atom is -0.385 e. The van der Waals surface area contributed by atoms with E-state index in [1.165, 1.54) is 33.4 Å². The summed E-state index contributed by atoms with van der Waals surface area (Å²) in [6.07, 6.45) is 0. The Labute approximate surface area is 459 Å². The van der Waals surface area contributed by atoms with E-state index in [1.807, 2.05) is 36.4 Å². The van der Waals surface area contributed by atoms with E-state index in [0.717, 1.165) is 66.8 Å². The van der Waals surface area contributed by atoms with Gasteiger partial charge in [-0.05, 0) is 155 Å². The first-order chi connectivity index (χ1) is 36.9. The number of phosphoric acid groups is 1. The molecule has 0 saturated carbocycles. The Morgan fingerprint density at radius 1 is 0.234 bits per heavy atom. The summed E-state index contributed by atoms with van der Waals surface area (Å²) >= 11 is 0. The van der Waals surface area contributed by atoms with Crippen LogP contribution in [0.2, 0.25) is 0 Å². The number of hydrogen-bond donors (Lipinski definition) is 0. The van der Waals surface area contributed by atoms with Gasteiger partial charge in [0.05, 0.1) is 0 Å². The molecule has 0 aliphatic heterocycles. The molecule has 0 heterocycles. The number of rotatable bonds is 18. The van der Waals surface area contributed by atoms with Crippen molar-refractivity contribution < 1.29 is 18.1 Å². The zero-order valence-corrected chi connectivity index (χ0v) is 48.0. The van der Waals surface area contributed by atoms with Gasteiger partial charge in [0.25, 0.3) is 0 Å². The smallest absolute Gasteiger partial charge is 0.385 e. The summed E-state index contributed by atoms with van der Waals surface area (Å²) in [6, 6.07) is 70.0. The normalized spacial score (nSPS) is 11.9. The third-order valence-corrected chi connectivity index (χ3v) is 16.2. The lowest BCUT2D eigenvalue weighted by Gasteiger charge is -2.24. The van der Waals surface area contributed by atoms with Crippen molar-refractivity contribution in [2.24, 2.45) is 0 Å². The molecule has 0 radical (unpaired) electrons. The molecule has 0 unspecified atom stereocenters. The van der Waals surface area contributed by atoms with Gasteiger partial charge in [-0.1, -0.05) is 247 Å². The second-order valence-corrected chi connectivity index (χ2v) is 24.0. The van der Waals surface area contributed by atoms with Crippen LogP contribution >= 0.6 is 7.82 Å². The molecule has 0 bridgehead atoms. The quantitative estimate of drug-likeness (QED) is 0.0804. The van der Waals surface area contributed by atoms with E-state index in [2.05, 4.69) is 247 Å². The largest absolute Gasteiger partial charge is 0.647 e. The predicted molar refractivity (Wildman–Crippen MR) is 326 cm³/mol. The van der Waals surface area contributed by atoms with Crippen LogP contribution < -0.4 is 13.6 Å². The summed E-state index contributed by atoms with van der Waals surface area (Å²) in [5.74, 6) is 3.34. The van der Waals surface area contributed by atoms with Gasteiger partial charge >= 0.3 is 7.82 Å². The summed E-state index contributed by atoms with van der Waals surface area (Å²) in [5, 5.41) is 0. The van der Waals surface area contributed by atoms with Crippen LogP contribution in [-0.2, 0) is 4.57 Å². The Balaban J connectivity index is 1.23. The van der Waals surface area contributed by atoms with Crippen molar-refractivity contribution in [3.63, 3.8) is 0 Å². The zero-order chi connectivity index (χ0) is 54.5. The first-order valence-corrected chi connectivity index (χ1v) is 29.1. The molecule has 77 heavy (non-hydrogen) atoms. The highest BCUT2D eigenvalue weighted by Gasteiger charge is 2.37. The monoisotopic (exact) mass is 1030 g/mol. The maximum Gasteiger partial charge on any atom is 0.647 e. The van der Waals surface area contributed by atoms with Gasteiger partial charge in [-0.15, -0.1) is 0 Å². The van der Waals surface area contributed by atoms with E-state index in [-0.39, 0.29) is 0 Å². The Kier molecular flexibility index (Phi) is 16.6. The molecule has 0 aliphatic carbocycles. The van der Waals surface area contributed by atoms with Crippen molar-refractivity contribution in [1.82, 2.24) is 0 Å². The second kappa shape index (κ2) is 23.5. The molecule has 9 aromatic carbocycles. The lowest BCUT2D eigenvalue weighted by Crippen LogP contribution is -2.09. The Hall–Kier alpha value is -7.39. The third kappa shape index (κ3) is 12.7. The molecule has 0 atom stereocenters.